The summed E-state index contributed by atoms with van der Waals surface area (Å²) < 4.78 is 0. The molecule has 0 aromatic heterocycles. The molecule has 0 heterocycles. The van der Waals surface area contributed by atoms with Crippen molar-refractivity contribution < 1.29 is 4.84 Å². The molecule has 0 atom stereocenters. The fraction of sp³-hybridized carbons (Fsp3) is 0.857. The minimum Gasteiger partial charge on any atom is -0.396 e. The molecule has 0 rings (SSSR count). The number of hydrogen-bond acceptors (Lipinski definition) is 2. The van der Waals surface area contributed by atoms with Crippen LogP contribution in [-0.4, -0.2) is 12.8 Å². The van der Waals surface area contributed by atoms with Crippen molar-refractivity contribution in [3.8, 4) is 0 Å². The molecule has 0 bridgehead atoms. The van der Waals surface area contributed by atoms with Crippen LogP contribution in [0.1, 0.15) is 33.1 Å². The Morgan fingerprint density at radius 1 is 1.44 bits per heavy atom. The van der Waals surface area contributed by atoms with Crippen LogP contribution >= 0.6 is 0 Å². The predicted molar refractivity (Wildman–Crippen MR) is 38.6 cm³/mol. The van der Waals surface area contributed by atoms with Crippen LogP contribution in [0.3, 0.4) is 0 Å². The van der Waals surface area contributed by atoms with Gasteiger partial charge in [0.15, 0.2) is 0 Å². The van der Waals surface area contributed by atoms with E-state index in [0.717, 1.165) is 12.8 Å². The molecule has 0 aliphatic carbocycles. The van der Waals surface area contributed by atoms with Gasteiger partial charge in [0, 0.05) is 0 Å². The largest absolute Gasteiger partial charge is 0.396 e. The molecular formula is C7H14NO. The first-order valence-electron chi connectivity index (χ1n) is 3.46. The van der Waals surface area contributed by atoms with Crippen LogP contribution in [0.5, 0.6) is 0 Å². The second kappa shape index (κ2) is 7.47. The summed E-state index contributed by atoms with van der Waals surface area (Å²) >= 11 is 0. The van der Waals surface area contributed by atoms with Crippen molar-refractivity contribution in [1.29, 1.82) is 0 Å². The third-order valence-corrected chi connectivity index (χ3v) is 0.900. The summed E-state index contributed by atoms with van der Waals surface area (Å²) in [6.45, 7) is 4.69. The lowest BCUT2D eigenvalue weighted by atomic mass is 10.3. The van der Waals surface area contributed by atoms with Gasteiger partial charge in [0.25, 0.3) is 0 Å². The van der Waals surface area contributed by atoms with Crippen molar-refractivity contribution in [2.45, 2.75) is 33.1 Å². The van der Waals surface area contributed by atoms with Gasteiger partial charge in [-0.3, -0.25) is 0 Å². The number of hydrogen-bond donors (Lipinski definition) is 0. The summed E-state index contributed by atoms with van der Waals surface area (Å²) in [4.78, 5) is 4.69. The molecule has 9 heavy (non-hydrogen) atoms. The highest BCUT2D eigenvalue weighted by atomic mass is 16.6. The maximum Gasteiger partial charge on any atom is 0.114 e. The summed E-state index contributed by atoms with van der Waals surface area (Å²) in [6.07, 6.45) is 6.04. The zero-order chi connectivity index (χ0) is 6.95. The fourth-order valence-corrected chi connectivity index (χ4v) is 0.412. The fourth-order valence-electron chi connectivity index (χ4n) is 0.412. The normalized spacial score (nSPS) is 10.4. The first-order chi connectivity index (χ1) is 4.41. The summed E-state index contributed by atoms with van der Waals surface area (Å²) in [7, 11) is 0. The van der Waals surface area contributed by atoms with Crippen molar-refractivity contribution in [3.05, 3.63) is 0 Å². The molecule has 0 aromatic rings. The van der Waals surface area contributed by atoms with Gasteiger partial charge in [-0.1, -0.05) is 18.5 Å². The van der Waals surface area contributed by atoms with Gasteiger partial charge >= 0.3 is 0 Å². The van der Waals surface area contributed by atoms with Gasteiger partial charge < -0.3 is 4.84 Å². The van der Waals surface area contributed by atoms with Crippen molar-refractivity contribution >= 4 is 6.21 Å². The van der Waals surface area contributed by atoms with Crippen LogP contribution in [0, 0.1) is 0 Å². The SMILES string of the molecule is CCCC/[C]=N\OCC. The Balaban J connectivity index is 2.86. The summed E-state index contributed by atoms with van der Waals surface area (Å²) in [5.41, 5.74) is 0. The monoisotopic (exact) mass is 128 g/mol. The van der Waals surface area contributed by atoms with Crippen molar-refractivity contribution in [2.75, 3.05) is 6.61 Å². The van der Waals surface area contributed by atoms with E-state index in [1.165, 1.54) is 6.42 Å². The van der Waals surface area contributed by atoms with E-state index in [1.807, 2.05) is 6.92 Å². The quantitative estimate of drug-likeness (QED) is 0.315. The van der Waals surface area contributed by atoms with E-state index in [4.69, 9.17) is 4.84 Å². The molecule has 2 heteroatoms. The van der Waals surface area contributed by atoms with Gasteiger partial charge in [-0.25, -0.2) is 0 Å². The highest BCUT2D eigenvalue weighted by molar-refractivity contribution is 5.55. The smallest absolute Gasteiger partial charge is 0.114 e. The third kappa shape index (κ3) is 7.47. The summed E-state index contributed by atoms with van der Waals surface area (Å²) in [6, 6.07) is 0. The van der Waals surface area contributed by atoms with Crippen molar-refractivity contribution in [2.24, 2.45) is 5.16 Å². The zero-order valence-electron chi connectivity index (χ0n) is 6.18. The lowest BCUT2D eigenvalue weighted by molar-refractivity contribution is 0.160. The summed E-state index contributed by atoms with van der Waals surface area (Å²) in [5.74, 6) is 0. The van der Waals surface area contributed by atoms with Crippen LogP contribution in [0.2, 0.25) is 0 Å². The molecule has 0 aliphatic rings. The number of unbranched alkanes of at least 4 members (excludes halogenated alkanes) is 2. The van der Waals surface area contributed by atoms with Gasteiger partial charge in [-0.05, 0) is 19.8 Å². The molecule has 0 fully saturated rings. The van der Waals surface area contributed by atoms with Crippen molar-refractivity contribution in [3.63, 3.8) is 0 Å². The van der Waals surface area contributed by atoms with Crippen LogP contribution in [0.4, 0.5) is 0 Å². The topological polar surface area (TPSA) is 21.6 Å². The van der Waals surface area contributed by atoms with Crippen LogP contribution < -0.4 is 0 Å². The van der Waals surface area contributed by atoms with E-state index < -0.39 is 0 Å². The predicted octanol–water partition coefficient (Wildman–Crippen LogP) is 2.08. The lowest BCUT2D eigenvalue weighted by Crippen LogP contribution is -1.80. The molecule has 2 nitrogen and oxygen atoms in total. The molecule has 0 aliphatic heterocycles. The molecule has 0 amide bonds. The van der Waals surface area contributed by atoms with Crippen molar-refractivity contribution in [1.82, 2.24) is 0 Å². The number of nitrogens with zero attached hydrogens (tertiary/aromatic N) is 1. The Morgan fingerprint density at radius 3 is 2.78 bits per heavy atom. The lowest BCUT2D eigenvalue weighted by Gasteiger charge is -1.88. The maximum absolute atomic E-state index is 4.69. The standard InChI is InChI=1S/C7H14NO/c1-3-5-6-7-8-9-4-2/h3-6H2,1-2H3. The molecule has 0 saturated heterocycles. The van der Waals surface area contributed by atoms with Crippen LogP contribution in [-0.2, 0) is 4.84 Å². The Morgan fingerprint density at radius 2 is 2.22 bits per heavy atom. The maximum atomic E-state index is 4.69. The average Bonchev–Trinajstić information content (AvgIpc) is 1.89. The number of rotatable bonds is 5. The molecule has 0 saturated carbocycles. The molecule has 0 unspecified atom stereocenters. The minimum atomic E-state index is 0.638. The third-order valence-electron chi connectivity index (χ3n) is 0.900. The van der Waals surface area contributed by atoms with E-state index in [-0.39, 0.29) is 0 Å². The Hall–Kier alpha value is -0.530. The first kappa shape index (κ1) is 8.47. The van der Waals surface area contributed by atoms with Gasteiger partial charge in [0.1, 0.15) is 12.8 Å². The Kier molecular flexibility index (Phi) is 7.03. The van der Waals surface area contributed by atoms with Gasteiger partial charge in [0.05, 0.1) is 0 Å². The molecule has 0 N–H and O–H groups in total. The summed E-state index contributed by atoms with van der Waals surface area (Å²) in [5, 5.41) is 3.58. The minimum absolute atomic E-state index is 0.638. The van der Waals surface area contributed by atoms with E-state index in [1.54, 1.807) is 0 Å². The Labute approximate surface area is 56.9 Å². The molecule has 0 aromatic carbocycles. The van der Waals surface area contributed by atoms with Gasteiger partial charge in [-0.2, -0.15) is 0 Å². The molecule has 53 valence electrons. The van der Waals surface area contributed by atoms with E-state index in [2.05, 4.69) is 18.3 Å². The van der Waals surface area contributed by atoms with E-state index in [0.29, 0.717) is 6.61 Å². The van der Waals surface area contributed by atoms with Crippen LogP contribution in [0.25, 0.3) is 0 Å². The zero-order valence-corrected chi connectivity index (χ0v) is 6.18. The van der Waals surface area contributed by atoms with Gasteiger partial charge in [-0.15, -0.1) is 0 Å². The van der Waals surface area contributed by atoms with Gasteiger partial charge in [0.2, 0.25) is 0 Å². The Bertz CT molecular complexity index is 71.3. The van der Waals surface area contributed by atoms with E-state index >= 15 is 0 Å². The average molecular weight is 128 g/mol. The van der Waals surface area contributed by atoms with Crippen LogP contribution in [0.15, 0.2) is 5.16 Å². The highest BCUT2D eigenvalue weighted by Gasteiger charge is 1.78. The molecule has 0 spiro atoms. The van der Waals surface area contributed by atoms with E-state index in [9.17, 15) is 0 Å². The second-order valence-corrected chi connectivity index (χ2v) is 1.77. The second-order valence-electron chi connectivity index (χ2n) is 1.77. The molecular weight excluding hydrogens is 114 g/mol. The first-order valence-corrected chi connectivity index (χ1v) is 3.46. The highest BCUT2D eigenvalue weighted by Crippen LogP contribution is 1.89. The molecule has 1 radical (unpaired) electrons.